The van der Waals surface area contributed by atoms with Gasteiger partial charge in [0.05, 0.1) is 6.21 Å². The van der Waals surface area contributed by atoms with Gasteiger partial charge in [-0.1, -0.05) is 26.0 Å². The first kappa shape index (κ1) is 17.7. The fourth-order valence-electron chi connectivity index (χ4n) is 2.41. The maximum atomic E-state index is 12.4. The molecular weight excluding hydrogens is 334 g/mol. The van der Waals surface area contributed by atoms with Gasteiger partial charge in [-0.2, -0.15) is 0 Å². The van der Waals surface area contributed by atoms with E-state index in [9.17, 15) is 9.59 Å². The third kappa shape index (κ3) is 3.74. The Morgan fingerprint density at radius 1 is 1.35 bits per heavy atom. The maximum Gasteiger partial charge on any atom is 0.329 e. The lowest BCUT2D eigenvalue weighted by molar-refractivity contribution is 0.593. The van der Waals surface area contributed by atoms with Gasteiger partial charge in [0.15, 0.2) is 11.3 Å². The molecule has 0 saturated heterocycles. The van der Waals surface area contributed by atoms with Crippen LogP contribution in [0.5, 0.6) is 0 Å². The molecule has 0 aliphatic heterocycles. The summed E-state index contributed by atoms with van der Waals surface area (Å²) in [7, 11) is 1.40. The topological polar surface area (TPSA) is 105 Å². The fraction of sp³-hybridized carbons (Fsp3) is 0.333. The molecule has 1 aromatic carbocycles. The summed E-state index contributed by atoms with van der Waals surface area (Å²) in [6, 6.07) is 7.34. The molecule has 136 valence electrons. The van der Waals surface area contributed by atoms with E-state index < -0.39 is 11.2 Å². The summed E-state index contributed by atoms with van der Waals surface area (Å²) in [5.74, 6) is 1.08. The van der Waals surface area contributed by atoms with Crippen molar-refractivity contribution in [3.8, 4) is 0 Å². The lowest BCUT2D eigenvalue weighted by Crippen LogP contribution is -2.33. The van der Waals surface area contributed by atoms with E-state index in [-0.39, 0.29) is 11.6 Å². The van der Waals surface area contributed by atoms with Crippen LogP contribution in [0.15, 0.2) is 43.3 Å². The molecule has 0 fully saturated rings. The number of para-hydroxylation sites is 2. The average Bonchev–Trinajstić information content (AvgIpc) is 3.02. The molecule has 0 aliphatic carbocycles. The van der Waals surface area contributed by atoms with E-state index in [0.717, 1.165) is 11.0 Å². The highest BCUT2D eigenvalue weighted by molar-refractivity contribution is 5.83. The predicted octanol–water partition coefficient (Wildman–Crippen LogP) is 2.42. The van der Waals surface area contributed by atoms with E-state index in [1.807, 2.05) is 18.2 Å². The number of aromatic nitrogens is 3. The number of H-pyrrole nitrogens is 1. The average molecular weight is 355 g/mol. The Morgan fingerprint density at radius 3 is 2.85 bits per heavy atom. The number of nitrogens with zero attached hydrogens (tertiary/aromatic N) is 3. The number of fused-ring (bicyclic) bond motifs is 1. The minimum absolute atomic E-state index is 0.109. The Morgan fingerprint density at radius 2 is 2.12 bits per heavy atom. The normalized spacial score (nSPS) is 11.7. The molecule has 2 N–H and O–H groups in total. The Hall–Kier alpha value is -3.16. The molecule has 8 heteroatoms. The number of hydrogen-bond donors (Lipinski definition) is 2. The quantitative estimate of drug-likeness (QED) is 0.661. The van der Waals surface area contributed by atoms with Crippen molar-refractivity contribution in [2.24, 2.45) is 18.0 Å². The first-order valence-corrected chi connectivity index (χ1v) is 8.42. The van der Waals surface area contributed by atoms with Crippen molar-refractivity contribution in [3.05, 3.63) is 51.0 Å². The van der Waals surface area contributed by atoms with Crippen molar-refractivity contribution >= 4 is 28.8 Å². The minimum atomic E-state index is -0.497. The van der Waals surface area contributed by atoms with Crippen molar-refractivity contribution in [2.75, 3.05) is 11.9 Å². The van der Waals surface area contributed by atoms with E-state index in [4.69, 9.17) is 4.42 Å². The van der Waals surface area contributed by atoms with Gasteiger partial charge in [0, 0.05) is 13.6 Å². The number of benzene rings is 1. The summed E-state index contributed by atoms with van der Waals surface area (Å²) >= 11 is 0. The number of anilines is 1. The van der Waals surface area contributed by atoms with E-state index in [1.165, 1.54) is 13.3 Å². The lowest BCUT2D eigenvalue weighted by Gasteiger charge is -2.10. The summed E-state index contributed by atoms with van der Waals surface area (Å²) < 4.78 is 6.55. The monoisotopic (exact) mass is 355 g/mol. The van der Waals surface area contributed by atoms with Gasteiger partial charge in [-0.25, -0.2) is 14.8 Å². The zero-order valence-electron chi connectivity index (χ0n) is 14.9. The Bertz CT molecular complexity index is 1030. The molecule has 0 atom stereocenters. The Labute approximate surface area is 149 Å². The first-order valence-electron chi connectivity index (χ1n) is 8.42. The van der Waals surface area contributed by atoms with E-state index in [1.54, 1.807) is 6.07 Å². The molecule has 0 spiro atoms. The van der Waals surface area contributed by atoms with E-state index in [2.05, 4.69) is 34.1 Å². The highest BCUT2D eigenvalue weighted by atomic mass is 16.3. The molecule has 0 bridgehead atoms. The third-order valence-corrected chi connectivity index (χ3v) is 3.92. The Kier molecular flexibility index (Phi) is 5.01. The van der Waals surface area contributed by atoms with Crippen molar-refractivity contribution in [1.29, 1.82) is 0 Å². The van der Waals surface area contributed by atoms with Gasteiger partial charge in [-0.15, -0.1) is 0 Å². The fourth-order valence-corrected chi connectivity index (χ4v) is 2.41. The van der Waals surface area contributed by atoms with Crippen LogP contribution in [0, 0.1) is 5.92 Å². The molecule has 2 aromatic heterocycles. The number of oxazole rings is 1. The van der Waals surface area contributed by atoms with Crippen LogP contribution in [-0.4, -0.2) is 27.3 Å². The van der Waals surface area contributed by atoms with Crippen LogP contribution >= 0.6 is 0 Å². The van der Waals surface area contributed by atoms with Crippen LogP contribution in [0.2, 0.25) is 0 Å². The van der Waals surface area contributed by atoms with Gasteiger partial charge in [-0.05, 0) is 24.5 Å². The standard InChI is InChI=1S/C18H21N5O3/c1-11(2)8-9-19-16-15(17(24)23(3)18(25)22-16)20-10-14-21-12-6-4-5-7-13(12)26-14/h4-7,10-11,19H,8-9H2,1-3H3,(H,22,25). The van der Waals surface area contributed by atoms with Gasteiger partial charge in [-0.3, -0.25) is 14.3 Å². The van der Waals surface area contributed by atoms with Crippen molar-refractivity contribution in [2.45, 2.75) is 20.3 Å². The highest BCUT2D eigenvalue weighted by Crippen LogP contribution is 2.18. The molecule has 0 saturated carbocycles. The molecule has 8 nitrogen and oxygen atoms in total. The van der Waals surface area contributed by atoms with Gasteiger partial charge >= 0.3 is 5.69 Å². The molecule has 26 heavy (non-hydrogen) atoms. The van der Waals surface area contributed by atoms with Crippen LogP contribution < -0.4 is 16.6 Å². The zero-order chi connectivity index (χ0) is 18.7. The smallest absolute Gasteiger partial charge is 0.329 e. The molecular formula is C18H21N5O3. The second kappa shape index (κ2) is 7.38. The molecule has 3 aromatic rings. The maximum absolute atomic E-state index is 12.4. The molecule has 2 heterocycles. The van der Waals surface area contributed by atoms with E-state index >= 15 is 0 Å². The van der Waals surface area contributed by atoms with Crippen molar-refractivity contribution in [3.63, 3.8) is 0 Å². The van der Waals surface area contributed by atoms with Crippen LogP contribution in [0.1, 0.15) is 26.2 Å². The molecule has 0 radical (unpaired) electrons. The third-order valence-electron chi connectivity index (χ3n) is 3.92. The predicted molar refractivity (Wildman–Crippen MR) is 102 cm³/mol. The number of hydrogen-bond acceptors (Lipinski definition) is 6. The van der Waals surface area contributed by atoms with E-state index in [0.29, 0.717) is 29.4 Å². The van der Waals surface area contributed by atoms with Crippen LogP contribution in [0.4, 0.5) is 11.5 Å². The molecule has 0 amide bonds. The van der Waals surface area contributed by atoms with Crippen molar-refractivity contribution < 1.29 is 4.42 Å². The van der Waals surface area contributed by atoms with Gasteiger partial charge < -0.3 is 9.73 Å². The second-order valence-electron chi connectivity index (χ2n) is 6.41. The van der Waals surface area contributed by atoms with Crippen LogP contribution in [0.3, 0.4) is 0 Å². The Balaban J connectivity index is 1.95. The van der Waals surface area contributed by atoms with Crippen LogP contribution in [0.25, 0.3) is 11.1 Å². The van der Waals surface area contributed by atoms with Crippen molar-refractivity contribution in [1.82, 2.24) is 14.5 Å². The summed E-state index contributed by atoms with van der Waals surface area (Å²) in [4.78, 5) is 35.5. The number of aliphatic imine (C=N–C) groups is 1. The summed E-state index contributed by atoms with van der Waals surface area (Å²) in [6.45, 7) is 4.81. The molecule has 0 aliphatic rings. The highest BCUT2D eigenvalue weighted by Gasteiger charge is 2.12. The van der Waals surface area contributed by atoms with Gasteiger partial charge in [0.2, 0.25) is 5.89 Å². The molecule has 3 rings (SSSR count). The zero-order valence-corrected chi connectivity index (χ0v) is 14.9. The van der Waals surface area contributed by atoms with Gasteiger partial charge in [0.1, 0.15) is 11.3 Å². The van der Waals surface area contributed by atoms with Crippen LogP contribution in [-0.2, 0) is 7.05 Å². The number of nitrogens with one attached hydrogen (secondary N) is 2. The summed E-state index contributed by atoms with van der Waals surface area (Å²) in [6.07, 6.45) is 2.27. The number of aromatic amines is 1. The SMILES string of the molecule is CC(C)CCNc1[nH]c(=O)n(C)c(=O)c1N=Cc1nc2ccccc2o1. The molecule has 0 unspecified atom stereocenters. The number of rotatable bonds is 6. The minimum Gasteiger partial charge on any atom is -0.435 e. The second-order valence-corrected chi connectivity index (χ2v) is 6.41. The lowest BCUT2D eigenvalue weighted by atomic mass is 10.1. The largest absolute Gasteiger partial charge is 0.435 e. The summed E-state index contributed by atoms with van der Waals surface area (Å²) in [5.41, 5.74) is 0.464. The first-order chi connectivity index (χ1) is 12.5. The van der Waals surface area contributed by atoms with Gasteiger partial charge in [0.25, 0.3) is 5.56 Å². The summed E-state index contributed by atoms with van der Waals surface area (Å²) in [5, 5.41) is 3.08.